The minimum atomic E-state index is 0.242. The van der Waals surface area contributed by atoms with Gasteiger partial charge in [0.15, 0.2) is 0 Å². The van der Waals surface area contributed by atoms with E-state index >= 15 is 0 Å². The molecule has 20 heavy (non-hydrogen) atoms. The number of alkyl halides is 1. The molecule has 1 unspecified atom stereocenters. The van der Waals surface area contributed by atoms with Crippen molar-refractivity contribution in [1.29, 1.82) is 0 Å². The summed E-state index contributed by atoms with van der Waals surface area (Å²) >= 11 is 3.94. The van der Waals surface area contributed by atoms with E-state index in [2.05, 4.69) is 54.0 Å². The maximum absolute atomic E-state index is 5.72. The minimum Gasteiger partial charge on any atom is -0.491 e. The van der Waals surface area contributed by atoms with Gasteiger partial charge in [-0.2, -0.15) is 0 Å². The molecule has 1 aliphatic carbocycles. The van der Waals surface area contributed by atoms with Crippen LogP contribution >= 0.6 is 15.9 Å². The van der Waals surface area contributed by atoms with Gasteiger partial charge in [-0.25, -0.2) is 0 Å². The number of halogens is 1. The molecule has 0 radical (unpaired) electrons. The summed E-state index contributed by atoms with van der Waals surface area (Å²) in [5.74, 6) is 1.76. The first-order valence-electron chi connectivity index (χ1n) is 8.07. The Morgan fingerprint density at radius 3 is 2.05 bits per heavy atom. The predicted molar refractivity (Wildman–Crippen MR) is 89.7 cm³/mol. The van der Waals surface area contributed by atoms with Crippen LogP contribution in [0.2, 0.25) is 0 Å². The number of rotatable bonds is 4. The second-order valence-corrected chi connectivity index (χ2v) is 7.23. The summed E-state index contributed by atoms with van der Waals surface area (Å²) in [4.78, 5) is 0.494. The third-order valence-electron chi connectivity index (χ3n) is 4.13. The molecule has 0 amide bonds. The lowest BCUT2D eigenvalue weighted by molar-refractivity contribution is 0.242. The monoisotopic (exact) mass is 338 g/mol. The molecule has 1 nitrogen and oxygen atoms in total. The zero-order valence-corrected chi connectivity index (χ0v) is 14.4. The molecule has 2 heteroatoms. The molecule has 1 aromatic rings. The number of ether oxygens (including phenoxy) is 1. The van der Waals surface area contributed by atoms with Gasteiger partial charge in [-0.1, -0.05) is 60.2 Å². The molecular weight excluding hydrogens is 312 g/mol. The van der Waals surface area contributed by atoms with E-state index in [1.54, 1.807) is 0 Å². The molecule has 0 heterocycles. The van der Waals surface area contributed by atoms with Crippen LogP contribution in [0.15, 0.2) is 24.3 Å². The topological polar surface area (TPSA) is 9.23 Å². The van der Waals surface area contributed by atoms with Crippen molar-refractivity contribution in [3.63, 3.8) is 0 Å². The molecule has 0 spiro atoms. The van der Waals surface area contributed by atoms with Crippen LogP contribution in [0.1, 0.15) is 69.2 Å². The van der Waals surface area contributed by atoms with Gasteiger partial charge in [0.1, 0.15) is 5.75 Å². The Bertz CT molecular complexity index is 377. The lowest BCUT2D eigenvalue weighted by Gasteiger charge is -2.25. The number of hydrogen-bond donors (Lipinski definition) is 0. The van der Waals surface area contributed by atoms with Crippen molar-refractivity contribution in [2.24, 2.45) is 5.92 Å². The van der Waals surface area contributed by atoms with Crippen LogP contribution in [0.3, 0.4) is 0 Å². The van der Waals surface area contributed by atoms with Crippen LogP contribution in [0, 0.1) is 5.92 Å². The van der Waals surface area contributed by atoms with E-state index in [1.807, 2.05) is 0 Å². The molecule has 1 atom stereocenters. The van der Waals surface area contributed by atoms with Gasteiger partial charge >= 0.3 is 0 Å². The summed E-state index contributed by atoms with van der Waals surface area (Å²) in [7, 11) is 0. The predicted octanol–water partition coefficient (Wildman–Crippen LogP) is 6.27. The first-order chi connectivity index (χ1) is 9.66. The standard InChI is InChI=1S/C18H27BrO/c1-14(2)20-17-12-10-16(11-13-17)18(19)15-8-6-4-3-5-7-9-15/h10-15,18H,3-9H2,1-2H3. The number of hydrogen-bond acceptors (Lipinski definition) is 1. The van der Waals surface area contributed by atoms with Crippen molar-refractivity contribution in [2.75, 3.05) is 0 Å². The highest BCUT2D eigenvalue weighted by Crippen LogP contribution is 2.39. The van der Waals surface area contributed by atoms with Gasteiger partial charge in [0, 0.05) is 4.83 Å². The third-order valence-corrected chi connectivity index (χ3v) is 5.41. The van der Waals surface area contributed by atoms with Gasteiger partial charge in [0.25, 0.3) is 0 Å². The maximum Gasteiger partial charge on any atom is 0.119 e. The van der Waals surface area contributed by atoms with Crippen LogP contribution in [-0.2, 0) is 0 Å². The molecular formula is C18H27BrO. The molecule has 112 valence electrons. The van der Waals surface area contributed by atoms with Crippen molar-refractivity contribution < 1.29 is 4.74 Å². The Balaban J connectivity index is 1.98. The fourth-order valence-electron chi connectivity index (χ4n) is 3.05. The van der Waals surface area contributed by atoms with Crippen molar-refractivity contribution in [3.05, 3.63) is 29.8 Å². The van der Waals surface area contributed by atoms with Crippen molar-refractivity contribution >= 4 is 15.9 Å². The van der Waals surface area contributed by atoms with E-state index in [1.165, 1.54) is 50.5 Å². The van der Waals surface area contributed by atoms with Crippen molar-refractivity contribution in [3.8, 4) is 5.75 Å². The first-order valence-corrected chi connectivity index (χ1v) is 8.99. The second-order valence-electron chi connectivity index (χ2n) is 6.24. The summed E-state index contributed by atoms with van der Waals surface area (Å²) in [6.45, 7) is 4.13. The first kappa shape index (κ1) is 15.9. The van der Waals surface area contributed by atoms with Crippen molar-refractivity contribution in [2.45, 2.75) is 69.7 Å². The lowest BCUT2D eigenvalue weighted by atomic mass is 9.86. The molecule has 1 aromatic carbocycles. The SMILES string of the molecule is CC(C)Oc1ccc(C(Br)C2CCCCCCC2)cc1. The van der Waals surface area contributed by atoms with Crippen LogP contribution in [-0.4, -0.2) is 6.10 Å². The third kappa shape index (κ3) is 4.80. The molecule has 0 bridgehead atoms. The fraction of sp³-hybridized carbons (Fsp3) is 0.667. The summed E-state index contributed by atoms with van der Waals surface area (Å²) in [5, 5.41) is 0. The summed E-state index contributed by atoms with van der Waals surface area (Å²) in [6.07, 6.45) is 10.0. The van der Waals surface area contributed by atoms with Gasteiger partial charge < -0.3 is 4.74 Å². The lowest BCUT2D eigenvalue weighted by Crippen LogP contribution is -2.10. The fourth-order valence-corrected chi connectivity index (χ4v) is 3.89. The molecule has 0 saturated heterocycles. The van der Waals surface area contributed by atoms with Crippen LogP contribution < -0.4 is 4.74 Å². The average molecular weight is 339 g/mol. The Hall–Kier alpha value is -0.500. The smallest absolute Gasteiger partial charge is 0.119 e. The van der Waals surface area contributed by atoms with E-state index in [-0.39, 0.29) is 6.10 Å². The summed E-state index contributed by atoms with van der Waals surface area (Å²) in [6, 6.07) is 8.64. The highest BCUT2D eigenvalue weighted by Gasteiger charge is 2.21. The Labute approximate surface area is 132 Å². The van der Waals surface area contributed by atoms with Crippen LogP contribution in [0.4, 0.5) is 0 Å². The summed E-state index contributed by atoms with van der Waals surface area (Å²) < 4.78 is 5.72. The van der Waals surface area contributed by atoms with Gasteiger partial charge in [-0.3, -0.25) is 0 Å². The Morgan fingerprint density at radius 1 is 0.950 bits per heavy atom. The molecule has 1 fully saturated rings. The Kier molecular flexibility index (Phi) is 6.41. The Morgan fingerprint density at radius 2 is 1.50 bits per heavy atom. The van der Waals surface area contributed by atoms with E-state index in [4.69, 9.17) is 4.74 Å². The molecule has 1 saturated carbocycles. The molecule has 0 aromatic heterocycles. The zero-order valence-electron chi connectivity index (χ0n) is 12.8. The van der Waals surface area contributed by atoms with Gasteiger partial charge in [-0.15, -0.1) is 0 Å². The molecule has 0 aliphatic heterocycles. The van der Waals surface area contributed by atoms with E-state index in [0.717, 1.165) is 11.7 Å². The zero-order chi connectivity index (χ0) is 14.4. The largest absolute Gasteiger partial charge is 0.491 e. The van der Waals surface area contributed by atoms with E-state index in [9.17, 15) is 0 Å². The quantitative estimate of drug-likeness (QED) is 0.587. The van der Waals surface area contributed by atoms with Gasteiger partial charge in [0.2, 0.25) is 0 Å². The number of benzene rings is 1. The molecule has 0 N–H and O–H groups in total. The van der Waals surface area contributed by atoms with Crippen molar-refractivity contribution in [1.82, 2.24) is 0 Å². The maximum atomic E-state index is 5.72. The van der Waals surface area contributed by atoms with Gasteiger partial charge in [0.05, 0.1) is 6.10 Å². The highest BCUT2D eigenvalue weighted by molar-refractivity contribution is 9.09. The highest BCUT2D eigenvalue weighted by atomic mass is 79.9. The van der Waals surface area contributed by atoms with E-state index < -0.39 is 0 Å². The minimum absolute atomic E-state index is 0.242. The normalized spacial score (nSPS) is 19.4. The molecule has 1 aliphatic rings. The van der Waals surface area contributed by atoms with Gasteiger partial charge in [-0.05, 0) is 50.3 Å². The van der Waals surface area contributed by atoms with Crippen LogP contribution in [0.25, 0.3) is 0 Å². The van der Waals surface area contributed by atoms with Crippen LogP contribution in [0.5, 0.6) is 5.75 Å². The second kappa shape index (κ2) is 8.07. The molecule has 2 rings (SSSR count). The van der Waals surface area contributed by atoms with E-state index in [0.29, 0.717) is 4.83 Å². The average Bonchev–Trinajstić information content (AvgIpc) is 2.38. The summed E-state index contributed by atoms with van der Waals surface area (Å²) in [5.41, 5.74) is 1.40.